The molecule has 3 nitrogen and oxygen atoms in total. The highest BCUT2D eigenvalue weighted by Crippen LogP contribution is 1.96. The molecule has 0 aliphatic heterocycles. The number of hydrogen-bond acceptors (Lipinski definition) is 3. The van der Waals surface area contributed by atoms with E-state index in [-0.39, 0.29) is 5.75 Å². The summed E-state index contributed by atoms with van der Waals surface area (Å²) in [7, 11) is 0.246. The molecule has 0 bridgehead atoms. The highest BCUT2D eigenvalue weighted by Gasteiger charge is 2.08. The molecule has 66 valence electrons. The molecular weight excluding hydrogens is 164 g/mol. The first-order valence-electron chi connectivity index (χ1n) is 3.48. The third-order valence-electron chi connectivity index (χ3n) is 1.03. The number of methoxy groups -OCH3 is 1. The van der Waals surface area contributed by atoms with E-state index in [0.29, 0.717) is 11.7 Å². The second kappa shape index (κ2) is 5.29. The molecule has 0 aliphatic carbocycles. The smallest absolute Gasteiger partial charge is 0.318 e. The molecule has 0 aromatic carbocycles. The van der Waals surface area contributed by atoms with Gasteiger partial charge in [-0.2, -0.15) is 0 Å². The average Bonchev–Trinajstić information content (AvgIpc) is 1.85. The third kappa shape index (κ3) is 6.04. The van der Waals surface area contributed by atoms with Gasteiger partial charge in [0.15, 0.2) is 0 Å². The lowest BCUT2D eigenvalue weighted by Gasteiger charge is -2.02. The molecule has 0 saturated carbocycles. The number of ether oxygens (including phenoxy) is 1. The lowest BCUT2D eigenvalue weighted by atomic mass is 10.3. The maximum Gasteiger partial charge on any atom is 0.318 e. The number of rotatable bonds is 4. The maximum atomic E-state index is 11.0. The molecular formula is C7H14O3S. The van der Waals surface area contributed by atoms with Crippen LogP contribution in [0.1, 0.15) is 13.8 Å². The summed E-state index contributed by atoms with van der Waals surface area (Å²) in [6.07, 6.45) is 0. The molecule has 0 fully saturated rings. The zero-order valence-corrected chi connectivity index (χ0v) is 7.94. The van der Waals surface area contributed by atoms with Crippen molar-refractivity contribution in [1.29, 1.82) is 0 Å². The van der Waals surface area contributed by atoms with Gasteiger partial charge in [0.1, 0.15) is 5.75 Å². The van der Waals surface area contributed by atoms with Crippen molar-refractivity contribution in [2.24, 2.45) is 5.92 Å². The molecule has 0 rings (SSSR count). The van der Waals surface area contributed by atoms with Crippen LogP contribution in [0.3, 0.4) is 0 Å². The van der Waals surface area contributed by atoms with Gasteiger partial charge in [-0.05, 0) is 5.92 Å². The van der Waals surface area contributed by atoms with Gasteiger partial charge in [0, 0.05) is 16.6 Å². The van der Waals surface area contributed by atoms with Crippen molar-refractivity contribution in [3.63, 3.8) is 0 Å². The largest absolute Gasteiger partial charge is 0.468 e. The molecule has 0 heterocycles. The van der Waals surface area contributed by atoms with E-state index >= 15 is 0 Å². The minimum atomic E-state index is -1.05. The van der Waals surface area contributed by atoms with Gasteiger partial charge in [0.2, 0.25) is 0 Å². The number of esters is 1. The summed E-state index contributed by atoms with van der Waals surface area (Å²) in [6, 6.07) is 0. The second-order valence-electron chi connectivity index (χ2n) is 2.72. The summed E-state index contributed by atoms with van der Waals surface area (Å²) in [5.74, 6) is 0.550. The van der Waals surface area contributed by atoms with Crippen molar-refractivity contribution in [2.45, 2.75) is 13.8 Å². The third-order valence-corrected chi connectivity index (χ3v) is 2.62. The van der Waals surface area contributed by atoms with Crippen LogP contribution < -0.4 is 0 Å². The topological polar surface area (TPSA) is 43.4 Å². The van der Waals surface area contributed by atoms with Crippen molar-refractivity contribution in [2.75, 3.05) is 18.6 Å². The molecule has 11 heavy (non-hydrogen) atoms. The minimum absolute atomic E-state index is 0.0225. The van der Waals surface area contributed by atoms with E-state index in [1.807, 2.05) is 13.8 Å². The first kappa shape index (κ1) is 10.6. The molecule has 0 aliphatic rings. The van der Waals surface area contributed by atoms with Gasteiger partial charge in [-0.1, -0.05) is 13.8 Å². The van der Waals surface area contributed by atoms with Crippen LogP contribution >= 0.6 is 0 Å². The maximum absolute atomic E-state index is 11.0. The summed E-state index contributed by atoms with van der Waals surface area (Å²) < 4.78 is 15.4. The molecule has 0 aromatic rings. The highest BCUT2D eigenvalue weighted by molar-refractivity contribution is 7.85. The molecule has 0 spiro atoms. The van der Waals surface area contributed by atoms with Gasteiger partial charge < -0.3 is 4.74 Å². The molecule has 1 atom stereocenters. The van der Waals surface area contributed by atoms with Crippen molar-refractivity contribution >= 4 is 16.8 Å². The molecule has 4 heteroatoms. The molecule has 0 aromatic heterocycles. The quantitative estimate of drug-likeness (QED) is 0.591. The Morgan fingerprint density at radius 1 is 1.55 bits per heavy atom. The van der Waals surface area contributed by atoms with Crippen LogP contribution in [0.4, 0.5) is 0 Å². The lowest BCUT2D eigenvalue weighted by Crippen LogP contribution is -2.16. The van der Waals surface area contributed by atoms with E-state index in [1.54, 1.807) is 0 Å². The van der Waals surface area contributed by atoms with Crippen molar-refractivity contribution in [3.8, 4) is 0 Å². The fourth-order valence-corrected chi connectivity index (χ4v) is 1.86. The van der Waals surface area contributed by atoms with Crippen LogP contribution in [0.5, 0.6) is 0 Å². The number of carbonyl (C=O) groups excluding carboxylic acids is 1. The van der Waals surface area contributed by atoms with Gasteiger partial charge in [-0.25, -0.2) is 0 Å². The molecule has 0 saturated heterocycles. The van der Waals surface area contributed by atoms with Crippen LogP contribution in [0, 0.1) is 5.92 Å². The Morgan fingerprint density at radius 2 is 2.09 bits per heavy atom. The zero-order chi connectivity index (χ0) is 8.85. The van der Waals surface area contributed by atoms with E-state index in [9.17, 15) is 9.00 Å². The molecule has 1 unspecified atom stereocenters. The summed E-state index contributed by atoms with van der Waals surface area (Å²) in [5, 5.41) is 0. The van der Waals surface area contributed by atoms with Crippen LogP contribution in [-0.2, 0) is 20.3 Å². The standard InChI is InChI=1S/C7H14O3S/c1-6(2)4-11(9)5-7(8)10-3/h6H,4-5H2,1-3H3. The highest BCUT2D eigenvalue weighted by atomic mass is 32.2. The Morgan fingerprint density at radius 3 is 2.45 bits per heavy atom. The van der Waals surface area contributed by atoms with E-state index in [0.717, 1.165) is 0 Å². The lowest BCUT2D eigenvalue weighted by molar-refractivity contribution is -0.137. The molecule has 0 amide bonds. The van der Waals surface area contributed by atoms with Crippen LogP contribution in [-0.4, -0.2) is 28.8 Å². The normalized spacial score (nSPS) is 13.1. The number of hydrogen-bond donors (Lipinski definition) is 0. The van der Waals surface area contributed by atoms with Gasteiger partial charge in [0.05, 0.1) is 7.11 Å². The van der Waals surface area contributed by atoms with Gasteiger partial charge in [-0.15, -0.1) is 0 Å². The van der Waals surface area contributed by atoms with E-state index in [1.165, 1.54) is 7.11 Å². The average molecular weight is 178 g/mol. The Kier molecular flexibility index (Phi) is 5.11. The Balaban J connectivity index is 3.61. The predicted octanol–water partition coefficient (Wildman–Crippen LogP) is 0.564. The molecule has 0 radical (unpaired) electrons. The zero-order valence-electron chi connectivity index (χ0n) is 7.12. The number of carbonyl (C=O) groups is 1. The fourth-order valence-electron chi connectivity index (χ4n) is 0.621. The first-order chi connectivity index (χ1) is 5.06. The van der Waals surface area contributed by atoms with E-state index in [4.69, 9.17) is 0 Å². The first-order valence-corrected chi connectivity index (χ1v) is 4.97. The van der Waals surface area contributed by atoms with Crippen molar-refractivity contribution in [3.05, 3.63) is 0 Å². The van der Waals surface area contributed by atoms with Crippen LogP contribution in [0.25, 0.3) is 0 Å². The van der Waals surface area contributed by atoms with Gasteiger partial charge in [0.25, 0.3) is 0 Å². The van der Waals surface area contributed by atoms with Gasteiger partial charge in [-0.3, -0.25) is 9.00 Å². The van der Waals surface area contributed by atoms with E-state index in [2.05, 4.69) is 4.74 Å². The SMILES string of the molecule is COC(=O)CS(=O)CC(C)C. The van der Waals surface area contributed by atoms with Crippen LogP contribution in [0.15, 0.2) is 0 Å². The molecule has 0 N–H and O–H groups in total. The summed E-state index contributed by atoms with van der Waals surface area (Å²) in [5.41, 5.74) is 0. The Bertz CT molecular complexity index is 154. The fraction of sp³-hybridized carbons (Fsp3) is 0.857. The predicted molar refractivity (Wildman–Crippen MR) is 44.7 cm³/mol. The van der Waals surface area contributed by atoms with Crippen molar-refractivity contribution in [1.82, 2.24) is 0 Å². The Hall–Kier alpha value is -0.380. The summed E-state index contributed by atoms with van der Waals surface area (Å²) in [4.78, 5) is 10.6. The van der Waals surface area contributed by atoms with E-state index < -0.39 is 16.8 Å². The monoisotopic (exact) mass is 178 g/mol. The summed E-state index contributed by atoms with van der Waals surface area (Å²) >= 11 is 0. The second-order valence-corrected chi connectivity index (χ2v) is 4.22. The minimum Gasteiger partial charge on any atom is -0.468 e. The Labute approximate surface area is 69.6 Å². The van der Waals surface area contributed by atoms with Crippen molar-refractivity contribution < 1.29 is 13.7 Å². The van der Waals surface area contributed by atoms with Crippen LogP contribution in [0.2, 0.25) is 0 Å². The van der Waals surface area contributed by atoms with Gasteiger partial charge >= 0.3 is 5.97 Å². The summed E-state index contributed by atoms with van der Waals surface area (Å²) in [6.45, 7) is 3.93.